The molecule has 6 nitrogen and oxygen atoms in total. The number of benzene rings is 1. The van der Waals surface area contributed by atoms with Crippen molar-refractivity contribution in [1.82, 2.24) is 0 Å². The van der Waals surface area contributed by atoms with Crippen molar-refractivity contribution >= 4 is 51.9 Å². The van der Waals surface area contributed by atoms with Gasteiger partial charge in [0.15, 0.2) is 0 Å². The molecule has 1 amide bonds. The third-order valence-corrected chi connectivity index (χ3v) is 5.18. The predicted molar refractivity (Wildman–Crippen MR) is 119 cm³/mol. The molecule has 0 saturated heterocycles. The molecule has 0 unspecified atom stereocenters. The topological polar surface area (TPSA) is 81.7 Å². The minimum atomic E-state index is -0.692. The van der Waals surface area contributed by atoms with Crippen LogP contribution in [0.4, 0.5) is 5.00 Å². The fourth-order valence-corrected chi connectivity index (χ4v) is 3.67. The highest BCUT2D eigenvalue weighted by Crippen LogP contribution is 2.35. The van der Waals surface area contributed by atoms with E-state index >= 15 is 0 Å². The Balaban J connectivity index is 2.31. The molecule has 0 fully saturated rings. The number of esters is 2. The van der Waals surface area contributed by atoms with Crippen LogP contribution in [-0.2, 0) is 14.3 Å². The Labute approximate surface area is 184 Å². The molecule has 0 aliphatic rings. The SMILES string of the molecule is CCOC(=O)c1c(NC(=O)/C=C/c2ccc(Cl)cc2)sc(C(=O)OC(C)(C)C)c1C. The monoisotopic (exact) mass is 449 g/mol. The van der Waals surface area contributed by atoms with Crippen LogP contribution in [0.15, 0.2) is 30.3 Å². The van der Waals surface area contributed by atoms with Gasteiger partial charge in [-0.2, -0.15) is 0 Å². The normalized spacial score (nSPS) is 11.4. The van der Waals surface area contributed by atoms with Crippen LogP contribution in [0.2, 0.25) is 5.02 Å². The first kappa shape index (κ1) is 23.6. The van der Waals surface area contributed by atoms with Crippen LogP contribution >= 0.6 is 22.9 Å². The van der Waals surface area contributed by atoms with Crippen molar-refractivity contribution in [2.45, 2.75) is 40.2 Å². The van der Waals surface area contributed by atoms with E-state index in [1.54, 1.807) is 65.0 Å². The zero-order valence-corrected chi connectivity index (χ0v) is 19.1. The molecule has 0 saturated carbocycles. The molecule has 0 aliphatic heterocycles. The van der Waals surface area contributed by atoms with Crippen molar-refractivity contribution < 1.29 is 23.9 Å². The minimum Gasteiger partial charge on any atom is -0.462 e. The van der Waals surface area contributed by atoms with Gasteiger partial charge in [-0.05, 0) is 64.0 Å². The van der Waals surface area contributed by atoms with E-state index in [1.807, 2.05) is 0 Å². The average Bonchev–Trinajstić information content (AvgIpc) is 2.96. The largest absolute Gasteiger partial charge is 0.462 e. The van der Waals surface area contributed by atoms with Gasteiger partial charge in [-0.15, -0.1) is 11.3 Å². The van der Waals surface area contributed by atoms with Crippen molar-refractivity contribution in [2.24, 2.45) is 0 Å². The molecule has 0 spiro atoms. The van der Waals surface area contributed by atoms with Gasteiger partial charge in [0, 0.05) is 11.1 Å². The summed E-state index contributed by atoms with van der Waals surface area (Å²) in [5.74, 6) is -1.63. The Morgan fingerprint density at radius 1 is 1.13 bits per heavy atom. The van der Waals surface area contributed by atoms with Crippen LogP contribution in [0.1, 0.15) is 58.9 Å². The van der Waals surface area contributed by atoms with Gasteiger partial charge in [-0.25, -0.2) is 9.59 Å². The number of anilines is 1. The van der Waals surface area contributed by atoms with Crippen molar-refractivity contribution in [3.8, 4) is 0 Å². The van der Waals surface area contributed by atoms with Crippen molar-refractivity contribution in [3.63, 3.8) is 0 Å². The number of rotatable bonds is 6. The van der Waals surface area contributed by atoms with E-state index in [9.17, 15) is 14.4 Å². The van der Waals surface area contributed by atoms with Crippen LogP contribution in [0.5, 0.6) is 0 Å². The average molecular weight is 450 g/mol. The Morgan fingerprint density at radius 3 is 2.33 bits per heavy atom. The van der Waals surface area contributed by atoms with Gasteiger partial charge in [-0.1, -0.05) is 23.7 Å². The number of hydrogen-bond acceptors (Lipinski definition) is 6. The zero-order chi connectivity index (χ0) is 22.5. The van der Waals surface area contributed by atoms with Crippen LogP contribution in [-0.4, -0.2) is 30.1 Å². The Hall–Kier alpha value is -2.64. The molecule has 0 atom stereocenters. The number of ether oxygens (including phenoxy) is 2. The summed E-state index contributed by atoms with van der Waals surface area (Å²) in [6, 6.07) is 6.97. The first-order valence-electron chi connectivity index (χ1n) is 9.30. The fourth-order valence-electron chi connectivity index (χ4n) is 2.47. The van der Waals surface area contributed by atoms with Gasteiger partial charge in [0.1, 0.15) is 15.5 Å². The van der Waals surface area contributed by atoms with Crippen molar-refractivity contribution in [2.75, 3.05) is 11.9 Å². The lowest BCUT2D eigenvalue weighted by molar-refractivity contribution is -0.111. The van der Waals surface area contributed by atoms with E-state index in [0.717, 1.165) is 16.9 Å². The summed E-state index contributed by atoms with van der Waals surface area (Å²) in [7, 11) is 0. The number of hydrogen-bond donors (Lipinski definition) is 1. The summed E-state index contributed by atoms with van der Waals surface area (Å²) in [4.78, 5) is 37.7. The van der Waals surface area contributed by atoms with E-state index in [2.05, 4.69) is 5.32 Å². The van der Waals surface area contributed by atoms with E-state index in [0.29, 0.717) is 10.6 Å². The van der Waals surface area contributed by atoms with Crippen LogP contribution in [0.3, 0.4) is 0 Å². The smallest absolute Gasteiger partial charge is 0.349 e. The quantitative estimate of drug-likeness (QED) is 0.465. The van der Waals surface area contributed by atoms with Crippen LogP contribution < -0.4 is 5.32 Å². The molecule has 0 bridgehead atoms. The lowest BCUT2D eigenvalue weighted by atomic mass is 10.1. The lowest BCUT2D eigenvalue weighted by Crippen LogP contribution is -2.23. The molecule has 2 rings (SSSR count). The number of carbonyl (C=O) groups is 3. The fraction of sp³-hybridized carbons (Fsp3) is 0.318. The molecule has 1 aromatic carbocycles. The van der Waals surface area contributed by atoms with Gasteiger partial charge < -0.3 is 14.8 Å². The molecule has 0 radical (unpaired) electrons. The number of amides is 1. The van der Waals surface area contributed by atoms with E-state index < -0.39 is 23.4 Å². The van der Waals surface area contributed by atoms with Crippen molar-refractivity contribution in [1.29, 1.82) is 0 Å². The molecule has 0 aliphatic carbocycles. The number of nitrogens with one attached hydrogen (secondary N) is 1. The Bertz CT molecular complexity index is 971. The second kappa shape index (κ2) is 9.91. The number of thiophene rings is 1. The van der Waals surface area contributed by atoms with E-state index in [4.69, 9.17) is 21.1 Å². The molecule has 2 aromatic rings. The molecular formula is C22H24ClNO5S. The van der Waals surface area contributed by atoms with Crippen LogP contribution in [0, 0.1) is 6.92 Å². The summed E-state index contributed by atoms with van der Waals surface area (Å²) in [6.07, 6.45) is 2.95. The number of halogens is 1. The summed E-state index contributed by atoms with van der Waals surface area (Å²) < 4.78 is 10.5. The highest BCUT2D eigenvalue weighted by molar-refractivity contribution is 7.18. The third-order valence-electron chi connectivity index (χ3n) is 3.74. The molecule has 30 heavy (non-hydrogen) atoms. The molecule has 160 valence electrons. The van der Waals surface area contributed by atoms with Gasteiger partial charge in [0.05, 0.1) is 12.2 Å². The van der Waals surface area contributed by atoms with Gasteiger partial charge >= 0.3 is 11.9 Å². The second-order valence-electron chi connectivity index (χ2n) is 7.36. The van der Waals surface area contributed by atoms with Crippen molar-refractivity contribution in [3.05, 3.63) is 56.9 Å². The molecule has 8 heteroatoms. The maximum Gasteiger partial charge on any atom is 0.349 e. The first-order chi connectivity index (χ1) is 14.0. The Morgan fingerprint density at radius 2 is 1.77 bits per heavy atom. The molecule has 1 aromatic heterocycles. The third kappa shape index (κ3) is 6.43. The second-order valence-corrected chi connectivity index (χ2v) is 8.81. The molecule has 1 heterocycles. The summed E-state index contributed by atoms with van der Waals surface area (Å²) >= 11 is 6.84. The highest BCUT2D eigenvalue weighted by atomic mass is 35.5. The zero-order valence-electron chi connectivity index (χ0n) is 17.5. The summed E-state index contributed by atoms with van der Waals surface area (Å²) in [5, 5.41) is 3.50. The van der Waals surface area contributed by atoms with E-state index in [-0.39, 0.29) is 22.0 Å². The maximum absolute atomic E-state index is 12.5. The molecular weight excluding hydrogens is 426 g/mol. The number of carbonyl (C=O) groups excluding carboxylic acids is 3. The van der Waals surface area contributed by atoms with Gasteiger partial charge in [0.2, 0.25) is 5.91 Å². The standard InChI is InChI=1S/C22H24ClNO5S/c1-6-28-20(26)17-13(2)18(21(27)29-22(3,4)5)30-19(17)24-16(25)12-9-14-7-10-15(23)11-8-14/h7-12H,6H2,1-5H3,(H,24,25)/b12-9+. The van der Waals surface area contributed by atoms with E-state index in [1.165, 1.54) is 6.08 Å². The Kier molecular flexibility index (Phi) is 7.81. The first-order valence-corrected chi connectivity index (χ1v) is 10.5. The van der Waals surface area contributed by atoms with Gasteiger partial charge in [-0.3, -0.25) is 4.79 Å². The highest BCUT2D eigenvalue weighted by Gasteiger charge is 2.29. The van der Waals surface area contributed by atoms with Crippen LogP contribution in [0.25, 0.3) is 6.08 Å². The predicted octanol–water partition coefficient (Wildman–Crippen LogP) is 5.49. The van der Waals surface area contributed by atoms with Gasteiger partial charge in [0.25, 0.3) is 0 Å². The molecule has 1 N–H and O–H groups in total. The lowest BCUT2D eigenvalue weighted by Gasteiger charge is -2.19. The summed E-state index contributed by atoms with van der Waals surface area (Å²) in [6.45, 7) is 8.74. The minimum absolute atomic E-state index is 0.149. The summed E-state index contributed by atoms with van der Waals surface area (Å²) in [5.41, 5.74) is 0.653. The maximum atomic E-state index is 12.5.